The van der Waals surface area contributed by atoms with E-state index in [4.69, 9.17) is 10.5 Å². The number of hydrogen-bond acceptors (Lipinski definition) is 2. The number of nitrogens with two attached hydrogens (primary N) is 1. The minimum atomic E-state index is 0.567. The zero-order chi connectivity index (χ0) is 9.97. The maximum Gasteiger partial charge on any atom is 0.123 e. The molecule has 0 saturated carbocycles. The Balaban J connectivity index is 2.27. The van der Waals surface area contributed by atoms with E-state index in [-0.39, 0.29) is 0 Å². The molecule has 0 saturated heterocycles. The molecular weight excluding hydrogens is 242 g/mol. The molecule has 1 unspecified atom stereocenters. The Morgan fingerprint density at radius 1 is 1.50 bits per heavy atom. The summed E-state index contributed by atoms with van der Waals surface area (Å²) in [5.74, 6) is 1.58. The molecule has 1 aliphatic heterocycles. The number of benzene rings is 1. The van der Waals surface area contributed by atoms with Gasteiger partial charge in [-0.3, -0.25) is 0 Å². The second-order valence-electron chi connectivity index (χ2n) is 3.70. The van der Waals surface area contributed by atoms with Crippen molar-refractivity contribution in [3.63, 3.8) is 0 Å². The molecule has 1 heterocycles. The first-order valence-electron chi connectivity index (χ1n) is 4.91. The molecule has 0 aliphatic carbocycles. The van der Waals surface area contributed by atoms with Crippen molar-refractivity contribution in [3.8, 4) is 5.75 Å². The Morgan fingerprint density at radius 3 is 3.14 bits per heavy atom. The van der Waals surface area contributed by atoms with E-state index in [1.165, 1.54) is 5.56 Å². The Labute approximate surface area is 92.6 Å². The number of hydrogen-bond donors (Lipinski definition) is 1. The van der Waals surface area contributed by atoms with Crippen LogP contribution >= 0.6 is 15.9 Å². The molecule has 1 aliphatic rings. The van der Waals surface area contributed by atoms with E-state index in [1.54, 1.807) is 0 Å². The van der Waals surface area contributed by atoms with Crippen molar-refractivity contribution >= 4 is 15.9 Å². The zero-order valence-electron chi connectivity index (χ0n) is 8.00. The summed E-state index contributed by atoms with van der Waals surface area (Å²) in [6, 6.07) is 6.21. The van der Waals surface area contributed by atoms with Crippen LogP contribution < -0.4 is 10.5 Å². The van der Waals surface area contributed by atoms with Crippen molar-refractivity contribution in [3.05, 3.63) is 28.2 Å². The van der Waals surface area contributed by atoms with Gasteiger partial charge in [0.2, 0.25) is 0 Å². The molecule has 2 N–H and O–H groups in total. The van der Waals surface area contributed by atoms with Gasteiger partial charge in [-0.15, -0.1) is 0 Å². The normalized spacial score (nSPS) is 20.9. The molecule has 14 heavy (non-hydrogen) atoms. The van der Waals surface area contributed by atoms with Crippen molar-refractivity contribution in [2.75, 3.05) is 13.2 Å². The summed E-state index contributed by atoms with van der Waals surface area (Å²) in [5.41, 5.74) is 6.97. The van der Waals surface area contributed by atoms with Crippen molar-refractivity contribution in [2.24, 2.45) is 11.7 Å². The lowest BCUT2D eigenvalue weighted by atomic mass is 9.97. The van der Waals surface area contributed by atoms with Crippen LogP contribution in [0.3, 0.4) is 0 Å². The van der Waals surface area contributed by atoms with Crippen molar-refractivity contribution in [1.29, 1.82) is 0 Å². The van der Waals surface area contributed by atoms with Gasteiger partial charge in [-0.1, -0.05) is 22.0 Å². The van der Waals surface area contributed by atoms with Gasteiger partial charge < -0.3 is 10.5 Å². The lowest BCUT2D eigenvalue weighted by molar-refractivity contribution is 0.296. The van der Waals surface area contributed by atoms with Gasteiger partial charge in [0, 0.05) is 4.47 Å². The Kier molecular flexibility index (Phi) is 3.08. The van der Waals surface area contributed by atoms with E-state index in [0.29, 0.717) is 5.92 Å². The monoisotopic (exact) mass is 255 g/mol. The maximum absolute atomic E-state index is 5.69. The van der Waals surface area contributed by atoms with Crippen LogP contribution in [0.15, 0.2) is 22.7 Å². The average molecular weight is 256 g/mol. The van der Waals surface area contributed by atoms with Crippen molar-refractivity contribution in [1.82, 2.24) is 0 Å². The summed E-state index contributed by atoms with van der Waals surface area (Å²) < 4.78 is 6.75. The van der Waals surface area contributed by atoms with Crippen LogP contribution in [0.5, 0.6) is 5.75 Å². The highest BCUT2D eigenvalue weighted by atomic mass is 79.9. The van der Waals surface area contributed by atoms with Crippen LogP contribution in [-0.2, 0) is 6.42 Å². The first kappa shape index (κ1) is 9.99. The number of rotatable bonds is 1. The highest BCUT2D eigenvalue weighted by Gasteiger charge is 2.16. The summed E-state index contributed by atoms with van der Waals surface area (Å²) in [6.45, 7) is 1.53. The second kappa shape index (κ2) is 4.32. The van der Waals surface area contributed by atoms with Gasteiger partial charge in [0.25, 0.3) is 0 Å². The molecule has 1 atom stereocenters. The van der Waals surface area contributed by atoms with Gasteiger partial charge in [0.15, 0.2) is 0 Å². The molecular formula is C11H14BrNO. The van der Waals surface area contributed by atoms with E-state index in [1.807, 2.05) is 6.07 Å². The fourth-order valence-electron chi connectivity index (χ4n) is 1.78. The summed E-state index contributed by atoms with van der Waals surface area (Å²) >= 11 is 3.44. The van der Waals surface area contributed by atoms with Gasteiger partial charge in [0.05, 0.1) is 6.61 Å². The van der Waals surface area contributed by atoms with Gasteiger partial charge in [-0.05, 0) is 43.0 Å². The zero-order valence-corrected chi connectivity index (χ0v) is 9.59. The van der Waals surface area contributed by atoms with Crippen LogP contribution in [0.2, 0.25) is 0 Å². The van der Waals surface area contributed by atoms with Crippen LogP contribution in [0.1, 0.15) is 12.0 Å². The fourth-order valence-corrected chi connectivity index (χ4v) is 2.12. The molecule has 0 bridgehead atoms. The smallest absolute Gasteiger partial charge is 0.123 e. The van der Waals surface area contributed by atoms with Crippen LogP contribution in [-0.4, -0.2) is 13.2 Å². The van der Waals surface area contributed by atoms with Crippen LogP contribution in [0.4, 0.5) is 0 Å². The van der Waals surface area contributed by atoms with Crippen LogP contribution in [0.25, 0.3) is 0 Å². The minimum Gasteiger partial charge on any atom is -0.493 e. The highest BCUT2D eigenvalue weighted by Crippen LogP contribution is 2.29. The molecule has 0 aromatic heterocycles. The van der Waals surface area contributed by atoms with Crippen molar-refractivity contribution in [2.45, 2.75) is 12.8 Å². The topological polar surface area (TPSA) is 35.2 Å². The van der Waals surface area contributed by atoms with Gasteiger partial charge in [-0.25, -0.2) is 0 Å². The Hall–Kier alpha value is -0.540. The van der Waals surface area contributed by atoms with Crippen LogP contribution in [0, 0.1) is 5.92 Å². The number of halogens is 1. The largest absolute Gasteiger partial charge is 0.493 e. The lowest BCUT2D eigenvalue weighted by Gasteiger charge is -2.09. The van der Waals surface area contributed by atoms with E-state index in [0.717, 1.165) is 36.2 Å². The summed E-state index contributed by atoms with van der Waals surface area (Å²) in [7, 11) is 0. The van der Waals surface area contributed by atoms with E-state index in [9.17, 15) is 0 Å². The Bertz CT molecular complexity index is 327. The SMILES string of the molecule is NCC1CCOc2cc(Br)ccc2C1. The average Bonchev–Trinajstić information content (AvgIpc) is 2.38. The second-order valence-corrected chi connectivity index (χ2v) is 4.61. The molecule has 0 amide bonds. The quantitative estimate of drug-likeness (QED) is 0.837. The van der Waals surface area contributed by atoms with Gasteiger partial charge >= 0.3 is 0 Å². The van der Waals surface area contributed by atoms with E-state index in [2.05, 4.69) is 28.1 Å². The highest BCUT2D eigenvalue weighted by molar-refractivity contribution is 9.10. The predicted octanol–water partition coefficient (Wildman–Crippen LogP) is 2.35. The summed E-state index contributed by atoms with van der Waals surface area (Å²) in [5, 5.41) is 0. The van der Waals surface area contributed by atoms with E-state index >= 15 is 0 Å². The molecule has 76 valence electrons. The fraction of sp³-hybridized carbons (Fsp3) is 0.455. The number of ether oxygens (including phenoxy) is 1. The minimum absolute atomic E-state index is 0.567. The molecule has 1 aromatic rings. The molecule has 3 heteroatoms. The first-order chi connectivity index (χ1) is 6.79. The maximum atomic E-state index is 5.69. The molecule has 0 spiro atoms. The third-order valence-corrected chi connectivity index (χ3v) is 3.15. The summed E-state index contributed by atoms with van der Waals surface area (Å²) in [4.78, 5) is 0. The third-order valence-electron chi connectivity index (χ3n) is 2.65. The molecule has 0 fully saturated rings. The predicted molar refractivity (Wildman–Crippen MR) is 60.5 cm³/mol. The molecule has 2 rings (SSSR count). The van der Waals surface area contributed by atoms with Crippen molar-refractivity contribution < 1.29 is 4.74 Å². The van der Waals surface area contributed by atoms with Gasteiger partial charge in [-0.2, -0.15) is 0 Å². The lowest BCUT2D eigenvalue weighted by Crippen LogP contribution is -2.17. The summed E-state index contributed by atoms with van der Waals surface area (Å²) in [6.07, 6.45) is 2.10. The third kappa shape index (κ3) is 2.10. The number of fused-ring (bicyclic) bond motifs is 1. The standard InChI is InChI=1S/C11H14BrNO/c12-10-2-1-9-5-8(7-13)3-4-14-11(9)6-10/h1-2,6,8H,3-5,7,13H2. The van der Waals surface area contributed by atoms with Gasteiger partial charge in [0.1, 0.15) is 5.75 Å². The Morgan fingerprint density at radius 2 is 2.36 bits per heavy atom. The first-order valence-corrected chi connectivity index (χ1v) is 5.70. The molecule has 0 radical (unpaired) electrons. The molecule has 1 aromatic carbocycles. The molecule has 2 nitrogen and oxygen atoms in total. The van der Waals surface area contributed by atoms with E-state index < -0.39 is 0 Å².